The van der Waals surface area contributed by atoms with Gasteiger partial charge in [-0.05, 0) is 115 Å². The fourth-order valence-corrected chi connectivity index (χ4v) is 5.62. The van der Waals surface area contributed by atoms with Gasteiger partial charge in [-0.25, -0.2) is 4.79 Å². The number of nitrogens with one attached hydrogen (secondary N) is 2. The number of hydrogen-bond donors (Lipinski definition) is 2. The van der Waals surface area contributed by atoms with Crippen LogP contribution in [0.25, 0.3) is 0 Å². The number of alkyl carbamates (subject to hydrolysis) is 1. The summed E-state index contributed by atoms with van der Waals surface area (Å²) in [7, 11) is 0. The second-order valence-electron chi connectivity index (χ2n) is 11.3. The number of ether oxygens (including phenoxy) is 1. The fourth-order valence-electron chi connectivity index (χ4n) is 5.62. The molecule has 2 N–H and O–H groups in total. The van der Waals surface area contributed by atoms with Crippen molar-refractivity contribution < 1.29 is 9.53 Å². The van der Waals surface area contributed by atoms with Crippen molar-refractivity contribution in [3.8, 4) is 0 Å². The maximum Gasteiger partial charge on any atom is 0.407 e. The van der Waals surface area contributed by atoms with Crippen LogP contribution in [0.15, 0.2) is 23.0 Å². The number of rotatable bonds is 7. The number of aryl methyl sites for hydroxylation is 3. The number of hydrogen-bond acceptors (Lipinski definition) is 4. The van der Waals surface area contributed by atoms with Crippen molar-refractivity contribution in [2.45, 2.75) is 112 Å². The smallest absolute Gasteiger partial charge is 0.407 e. The van der Waals surface area contributed by atoms with Gasteiger partial charge in [-0.15, -0.1) is 0 Å². The maximum atomic E-state index is 12.8. The molecule has 1 heterocycles. The van der Waals surface area contributed by atoms with Crippen molar-refractivity contribution in [2.75, 3.05) is 11.4 Å². The van der Waals surface area contributed by atoms with Crippen LogP contribution < -0.4 is 15.8 Å². The van der Waals surface area contributed by atoms with E-state index in [1.165, 1.54) is 22.4 Å². The lowest BCUT2D eigenvalue weighted by Crippen LogP contribution is -2.45. The van der Waals surface area contributed by atoms with E-state index in [0.29, 0.717) is 12.5 Å². The highest BCUT2D eigenvalue weighted by Gasteiger charge is 2.29. The van der Waals surface area contributed by atoms with Gasteiger partial charge >= 0.3 is 6.09 Å². The van der Waals surface area contributed by atoms with Crippen LogP contribution in [-0.4, -0.2) is 35.3 Å². The number of benzene rings is 1. The summed E-state index contributed by atoms with van der Waals surface area (Å²) in [5, 5.41) is 3.06. The van der Waals surface area contributed by atoms with Crippen LogP contribution in [-0.2, 0) is 17.6 Å². The average Bonchev–Trinajstić information content (AvgIpc) is 2.76. The molecule has 1 amide bonds. The predicted molar refractivity (Wildman–Crippen MR) is 148 cm³/mol. The topological polar surface area (TPSA) is 74.4 Å². The highest BCUT2D eigenvalue weighted by Crippen LogP contribution is 2.34. The summed E-state index contributed by atoms with van der Waals surface area (Å²) in [5.74, 6) is 0. The van der Waals surface area contributed by atoms with E-state index in [-0.39, 0.29) is 17.7 Å². The molecule has 1 fully saturated rings. The van der Waals surface area contributed by atoms with Gasteiger partial charge in [0.15, 0.2) is 0 Å². The van der Waals surface area contributed by atoms with E-state index in [1.807, 2.05) is 34.6 Å². The zero-order valence-corrected chi connectivity index (χ0v) is 23.5. The molecule has 0 spiro atoms. The van der Waals surface area contributed by atoms with E-state index < -0.39 is 5.60 Å². The summed E-state index contributed by atoms with van der Waals surface area (Å²) in [5.41, 5.74) is 7.41. The molecule has 1 aliphatic carbocycles. The van der Waals surface area contributed by atoms with E-state index in [9.17, 15) is 9.59 Å². The SMILES string of the molecule is CCc1c(Cc2c(C)cc(C)[nH]c2=O)cc(C)cc1N(CC)C1CCC(NC(=O)OC(C)(C)C)CC1. The first-order chi connectivity index (χ1) is 16.9. The third-order valence-corrected chi connectivity index (χ3v) is 7.19. The van der Waals surface area contributed by atoms with E-state index in [0.717, 1.165) is 55.5 Å². The number of nitrogens with zero attached hydrogens (tertiary/aromatic N) is 1. The number of pyridine rings is 1. The number of carbonyl (C=O) groups is 1. The lowest BCUT2D eigenvalue weighted by Gasteiger charge is -2.39. The van der Waals surface area contributed by atoms with E-state index in [1.54, 1.807) is 0 Å². The van der Waals surface area contributed by atoms with Gasteiger partial charge in [0.25, 0.3) is 5.56 Å². The summed E-state index contributed by atoms with van der Waals surface area (Å²) in [6.45, 7) is 17.1. The number of aromatic nitrogens is 1. The molecule has 1 saturated carbocycles. The molecule has 2 aromatic rings. The van der Waals surface area contributed by atoms with Crippen LogP contribution in [0.1, 0.15) is 93.8 Å². The van der Waals surface area contributed by atoms with Crippen LogP contribution in [0.3, 0.4) is 0 Å². The summed E-state index contributed by atoms with van der Waals surface area (Å²) in [4.78, 5) is 30.5. The quantitative estimate of drug-likeness (QED) is 0.486. The Morgan fingerprint density at radius 1 is 1.06 bits per heavy atom. The Morgan fingerprint density at radius 3 is 2.28 bits per heavy atom. The van der Waals surface area contributed by atoms with Crippen LogP contribution in [0, 0.1) is 20.8 Å². The highest BCUT2D eigenvalue weighted by molar-refractivity contribution is 5.68. The lowest BCUT2D eigenvalue weighted by molar-refractivity contribution is 0.0491. The Hall–Kier alpha value is -2.76. The third kappa shape index (κ3) is 6.92. The van der Waals surface area contributed by atoms with Crippen molar-refractivity contribution in [3.63, 3.8) is 0 Å². The van der Waals surface area contributed by atoms with Crippen molar-refractivity contribution in [1.82, 2.24) is 10.3 Å². The Kier molecular flexibility index (Phi) is 8.91. The Bertz CT molecular complexity index is 1120. The molecule has 6 nitrogen and oxygen atoms in total. The van der Waals surface area contributed by atoms with Gasteiger partial charge in [-0.3, -0.25) is 4.79 Å². The van der Waals surface area contributed by atoms with Crippen molar-refractivity contribution in [3.05, 3.63) is 62.1 Å². The average molecular weight is 496 g/mol. The van der Waals surface area contributed by atoms with E-state index in [4.69, 9.17) is 4.74 Å². The molecule has 0 radical (unpaired) electrons. The second-order valence-corrected chi connectivity index (χ2v) is 11.3. The second kappa shape index (κ2) is 11.5. The Morgan fingerprint density at radius 2 is 1.72 bits per heavy atom. The number of aromatic amines is 1. The molecule has 0 saturated heterocycles. The minimum atomic E-state index is -0.484. The highest BCUT2D eigenvalue weighted by atomic mass is 16.6. The summed E-state index contributed by atoms with van der Waals surface area (Å²) >= 11 is 0. The number of anilines is 1. The molecule has 1 aromatic carbocycles. The molecule has 0 atom stereocenters. The minimum Gasteiger partial charge on any atom is -0.444 e. The molecule has 0 unspecified atom stereocenters. The molecule has 36 heavy (non-hydrogen) atoms. The molecule has 1 aliphatic rings. The first-order valence-corrected chi connectivity index (χ1v) is 13.5. The van der Waals surface area contributed by atoms with Gasteiger partial charge in [-0.1, -0.05) is 13.0 Å². The van der Waals surface area contributed by atoms with Gasteiger partial charge in [0.1, 0.15) is 5.60 Å². The van der Waals surface area contributed by atoms with Gasteiger partial charge in [0.2, 0.25) is 0 Å². The monoisotopic (exact) mass is 495 g/mol. The van der Waals surface area contributed by atoms with Crippen LogP contribution in [0.2, 0.25) is 0 Å². The lowest BCUT2D eigenvalue weighted by atomic mass is 9.88. The largest absolute Gasteiger partial charge is 0.444 e. The predicted octanol–water partition coefficient (Wildman–Crippen LogP) is 6.12. The fraction of sp³-hybridized carbons (Fsp3) is 0.600. The normalized spacial score (nSPS) is 18.1. The van der Waals surface area contributed by atoms with Crippen molar-refractivity contribution in [1.29, 1.82) is 0 Å². The molecular weight excluding hydrogens is 450 g/mol. The summed E-state index contributed by atoms with van der Waals surface area (Å²) in [6, 6.07) is 7.20. The molecule has 1 aromatic heterocycles. The van der Waals surface area contributed by atoms with Crippen LogP contribution in [0.4, 0.5) is 10.5 Å². The molecule has 0 bridgehead atoms. The Labute approximate surface area is 216 Å². The number of carbonyl (C=O) groups excluding carboxylic acids is 1. The molecule has 6 heteroatoms. The third-order valence-electron chi connectivity index (χ3n) is 7.19. The maximum absolute atomic E-state index is 12.8. The zero-order chi connectivity index (χ0) is 26.6. The summed E-state index contributed by atoms with van der Waals surface area (Å²) < 4.78 is 5.45. The van der Waals surface area contributed by atoms with E-state index in [2.05, 4.69) is 54.2 Å². The van der Waals surface area contributed by atoms with Gasteiger partial charge in [0.05, 0.1) is 0 Å². The Balaban J connectivity index is 1.81. The number of amides is 1. The van der Waals surface area contributed by atoms with Gasteiger partial charge in [-0.2, -0.15) is 0 Å². The summed E-state index contributed by atoms with van der Waals surface area (Å²) in [6.07, 6.45) is 5.17. The standard InChI is InChI=1S/C30H45N3O3/c1-9-25-22(18-26-20(4)17-21(5)31-28(26)34)15-19(3)16-27(25)33(10-2)24-13-11-23(12-14-24)32-29(35)36-30(6,7)8/h15-17,23-24H,9-14,18H2,1-8H3,(H,31,34)(H,32,35). The van der Waals surface area contributed by atoms with E-state index >= 15 is 0 Å². The number of H-pyrrole nitrogens is 1. The molecular formula is C30H45N3O3. The van der Waals surface area contributed by atoms with Crippen LogP contribution >= 0.6 is 0 Å². The van der Waals surface area contributed by atoms with Gasteiger partial charge < -0.3 is 19.9 Å². The van der Waals surface area contributed by atoms with Crippen molar-refractivity contribution in [2.24, 2.45) is 0 Å². The minimum absolute atomic E-state index is 0.0146. The van der Waals surface area contributed by atoms with Gasteiger partial charge in [0, 0.05) is 42.0 Å². The van der Waals surface area contributed by atoms with Crippen LogP contribution in [0.5, 0.6) is 0 Å². The molecule has 0 aliphatic heterocycles. The molecule has 3 rings (SSSR count). The molecule has 198 valence electrons. The first kappa shape index (κ1) is 27.8. The zero-order valence-electron chi connectivity index (χ0n) is 23.5. The first-order valence-electron chi connectivity index (χ1n) is 13.5. The van der Waals surface area contributed by atoms with Crippen molar-refractivity contribution >= 4 is 11.8 Å².